The highest BCUT2D eigenvalue weighted by Crippen LogP contribution is 2.23. The second-order valence-corrected chi connectivity index (χ2v) is 4.35. The fourth-order valence-corrected chi connectivity index (χ4v) is 2.15. The molecule has 1 aliphatic carbocycles. The highest BCUT2D eigenvalue weighted by atomic mass is 16.1. The number of hydrogen-bond acceptors (Lipinski definition) is 4. The third-order valence-electron chi connectivity index (χ3n) is 3.04. The van der Waals surface area contributed by atoms with Crippen LogP contribution in [-0.2, 0) is 17.6 Å². The molecule has 0 saturated carbocycles. The van der Waals surface area contributed by atoms with Gasteiger partial charge in [0.2, 0.25) is 5.91 Å². The molecule has 1 amide bonds. The SMILES string of the molecule is NC(=O)CCNc1ncnc2c1CCCCC2. The standard InChI is InChI=1S/C12H18N4O/c13-11(17)6-7-14-12-9-4-2-1-3-5-10(9)15-8-16-12/h8H,1-7H2,(H2,13,17)(H,14,15,16). The molecule has 17 heavy (non-hydrogen) atoms. The van der Waals surface area contributed by atoms with Gasteiger partial charge in [0.25, 0.3) is 0 Å². The van der Waals surface area contributed by atoms with Crippen molar-refractivity contribution in [1.82, 2.24) is 9.97 Å². The monoisotopic (exact) mass is 234 g/mol. The van der Waals surface area contributed by atoms with Crippen molar-refractivity contribution in [1.29, 1.82) is 0 Å². The van der Waals surface area contributed by atoms with Crippen molar-refractivity contribution in [3.63, 3.8) is 0 Å². The molecule has 92 valence electrons. The van der Waals surface area contributed by atoms with Gasteiger partial charge in [-0.05, 0) is 25.7 Å². The third-order valence-corrected chi connectivity index (χ3v) is 3.04. The fraction of sp³-hybridized carbons (Fsp3) is 0.583. The summed E-state index contributed by atoms with van der Waals surface area (Å²) in [6.45, 7) is 0.540. The first-order valence-electron chi connectivity index (χ1n) is 6.12. The largest absolute Gasteiger partial charge is 0.370 e. The summed E-state index contributed by atoms with van der Waals surface area (Å²) in [5.74, 6) is 0.579. The Bertz CT molecular complexity index is 405. The summed E-state index contributed by atoms with van der Waals surface area (Å²) in [7, 11) is 0. The zero-order chi connectivity index (χ0) is 12.1. The van der Waals surface area contributed by atoms with Crippen LogP contribution in [0.5, 0.6) is 0 Å². The van der Waals surface area contributed by atoms with E-state index in [9.17, 15) is 4.79 Å². The molecule has 2 rings (SSSR count). The molecule has 0 fully saturated rings. The zero-order valence-corrected chi connectivity index (χ0v) is 9.91. The molecule has 0 saturated heterocycles. The van der Waals surface area contributed by atoms with E-state index in [0.717, 1.165) is 24.4 Å². The minimum absolute atomic E-state index is 0.294. The van der Waals surface area contributed by atoms with E-state index in [-0.39, 0.29) is 5.91 Å². The lowest BCUT2D eigenvalue weighted by atomic mass is 10.1. The van der Waals surface area contributed by atoms with Gasteiger partial charge in [-0.15, -0.1) is 0 Å². The minimum atomic E-state index is -0.294. The Labute approximate surface area is 101 Å². The number of amides is 1. The molecule has 0 bridgehead atoms. The molecule has 0 aliphatic heterocycles. The highest BCUT2D eigenvalue weighted by Gasteiger charge is 2.13. The maximum atomic E-state index is 10.7. The van der Waals surface area contributed by atoms with Crippen LogP contribution in [0.15, 0.2) is 6.33 Å². The van der Waals surface area contributed by atoms with Crippen molar-refractivity contribution in [3.8, 4) is 0 Å². The molecule has 0 atom stereocenters. The Morgan fingerprint density at radius 2 is 2.12 bits per heavy atom. The number of nitrogens with two attached hydrogens (primary N) is 1. The van der Waals surface area contributed by atoms with Crippen molar-refractivity contribution in [2.75, 3.05) is 11.9 Å². The van der Waals surface area contributed by atoms with Gasteiger partial charge in [-0.3, -0.25) is 4.79 Å². The molecule has 0 aromatic carbocycles. The smallest absolute Gasteiger partial charge is 0.219 e. The summed E-state index contributed by atoms with van der Waals surface area (Å²) in [6, 6.07) is 0. The summed E-state index contributed by atoms with van der Waals surface area (Å²) >= 11 is 0. The Balaban J connectivity index is 2.08. The molecule has 1 aromatic heterocycles. The van der Waals surface area contributed by atoms with Crippen LogP contribution >= 0.6 is 0 Å². The summed E-state index contributed by atoms with van der Waals surface area (Å²) in [5.41, 5.74) is 7.48. The molecule has 3 N–H and O–H groups in total. The Morgan fingerprint density at radius 3 is 2.94 bits per heavy atom. The van der Waals surface area contributed by atoms with Gasteiger partial charge in [-0.1, -0.05) is 6.42 Å². The predicted molar refractivity (Wildman–Crippen MR) is 65.6 cm³/mol. The molecule has 1 heterocycles. The van der Waals surface area contributed by atoms with E-state index in [4.69, 9.17) is 5.73 Å². The van der Waals surface area contributed by atoms with Crippen molar-refractivity contribution in [2.45, 2.75) is 38.5 Å². The van der Waals surface area contributed by atoms with Gasteiger partial charge in [0, 0.05) is 24.2 Å². The van der Waals surface area contributed by atoms with Gasteiger partial charge in [-0.2, -0.15) is 0 Å². The molecule has 0 radical (unpaired) electrons. The van der Waals surface area contributed by atoms with Crippen LogP contribution in [0.1, 0.15) is 36.9 Å². The van der Waals surface area contributed by atoms with Gasteiger partial charge < -0.3 is 11.1 Å². The maximum Gasteiger partial charge on any atom is 0.219 e. The molecular formula is C12H18N4O. The van der Waals surface area contributed by atoms with Gasteiger partial charge in [0.05, 0.1) is 0 Å². The highest BCUT2D eigenvalue weighted by molar-refractivity contribution is 5.74. The first-order valence-corrected chi connectivity index (χ1v) is 6.12. The van der Waals surface area contributed by atoms with Crippen LogP contribution in [0.25, 0.3) is 0 Å². The van der Waals surface area contributed by atoms with E-state index < -0.39 is 0 Å². The molecule has 0 spiro atoms. The number of anilines is 1. The number of aryl methyl sites for hydroxylation is 1. The topological polar surface area (TPSA) is 80.9 Å². The third kappa shape index (κ3) is 3.15. The number of fused-ring (bicyclic) bond motifs is 1. The van der Waals surface area contributed by atoms with Crippen molar-refractivity contribution in [3.05, 3.63) is 17.6 Å². The van der Waals surface area contributed by atoms with Gasteiger partial charge in [0.1, 0.15) is 12.1 Å². The van der Waals surface area contributed by atoms with Crippen molar-refractivity contribution >= 4 is 11.7 Å². The van der Waals surface area contributed by atoms with Crippen LogP contribution in [0.2, 0.25) is 0 Å². The molecule has 1 aliphatic rings. The number of carbonyl (C=O) groups excluding carboxylic acids is 1. The van der Waals surface area contributed by atoms with Crippen LogP contribution in [0, 0.1) is 0 Å². The predicted octanol–water partition coefficient (Wildman–Crippen LogP) is 1.03. The quantitative estimate of drug-likeness (QED) is 0.762. The number of nitrogens with one attached hydrogen (secondary N) is 1. The van der Waals surface area contributed by atoms with Gasteiger partial charge in [-0.25, -0.2) is 9.97 Å². The normalized spacial score (nSPS) is 14.8. The van der Waals surface area contributed by atoms with E-state index in [1.54, 1.807) is 6.33 Å². The average molecular weight is 234 g/mol. The Kier molecular flexibility index (Phi) is 3.90. The van der Waals surface area contributed by atoms with E-state index in [0.29, 0.717) is 13.0 Å². The van der Waals surface area contributed by atoms with Crippen LogP contribution in [0.4, 0.5) is 5.82 Å². The number of rotatable bonds is 4. The summed E-state index contributed by atoms with van der Waals surface area (Å²) < 4.78 is 0. The first kappa shape index (κ1) is 11.8. The van der Waals surface area contributed by atoms with Gasteiger partial charge >= 0.3 is 0 Å². The molecule has 1 aromatic rings. The molecule has 5 nitrogen and oxygen atoms in total. The molecule has 5 heteroatoms. The van der Waals surface area contributed by atoms with Crippen LogP contribution in [0.3, 0.4) is 0 Å². The Morgan fingerprint density at radius 1 is 1.29 bits per heavy atom. The average Bonchev–Trinajstić information content (AvgIpc) is 2.54. The molecular weight excluding hydrogens is 216 g/mol. The number of carbonyl (C=O) groups is 1. The first-order chi connectivity index (χ1) is 8.27. The zero-order valence-electron chi connectivity index (χ0n) is 9.91. The second-order valence-electron chi connectivity index (χ2n) is 4.35. The van der Waals surface area contributed by atoms with E-state index >= 15 is 0 Å². The van der Waals surface area contributed by atoms with E-state index in [1.165, 1.54) is 24.8 Å². The number of nitrogens with zero attached hydrogens (tertiary/aromatic N) is 2. The minimum Gasteiger partial charge on any atom is -0.370 e. The Hall–Kier alpha value is -1.65. The van der Waals surface area contributed by atoms with Crippen molar-refractivity contribution in [2.24, 2.45) is 5.73 Å². The van der Waals surface area contributed by atoms with Crippen LogP contribution in [-0.4, -0.2) is 22.4 Å². The summed E-state index contributed by atoms with van der Waals surface area (Å²) in [6.07, 6.45) is 7.61. The fourth-order valence-electron chi connectivity index (χ4n) is 2.15. The number of primary amides is 1. The number of hydrogen-bond donors (Lipinski definition) is 2. The second kappa shape index (κ2) is 5.61. The lowest BCUT2D eigenvalue weighted by molar-refractivity contribution is -0.117. The lowest BCUT2D eigenvalue weighted by Crippen LogP contribution is -2.17. The summed E-state index contributed by atoms with van der Waals surface area (Å²) in [5, 5.41) is 3.18. The van der Waals surface area contributed by atoms with E-state index in [1.807, 2.05) is 0 Å². The lowest BCUT2D eigenvalue weighted by Gasteiger charge is -2.11. The maximum absolute atomic E-state index is 10.7. The number of aromatic nitrogens is 2. The summed E-state index contributed by atoms with van der Waals surface area (Å²) in [4.78, 5) is 19.3. The van der Waals surface area contributed by atoms with Crippen molar-refractivity contribution < 1.29 is 4.79 Å². The van der Waals surface area contributed by atoms with E-state index in [2.05, 4.69) is 15.3 Å². The molecule has 0 unspecified atom stereocenters. The van der Waals surface area contributed by atoms with Gasteiger partial charge in [0.15, 0.2) is 0 Å². The van der Waals surface area contributed by atoms with Crippen LogP contribution < -0.4 is 11.1 Å².